The molecule has 0 saturated heterocycles. The van der Waals surface area contributed by atoms with Crippen LogP contribution in [0, 0.1) is 0 Å². The zero-order valence-corrected chi connectivity index (χ0v) is 13.8. The summed E-state index contributed by atoms with van der Waals surface area (Å²) in [5.74, 6) is 0.330. The van der Waals surface area contributed by atoms with Gasteiger partial charge in [0.1, 0.15) is 5.75 Å². The SMILES string of the molecule is C=CCc1cc(CO[Si](C)(C)C(C)(C)C)ccc1O. The van der Waals surface area contributed by atoms with Crippen LogP contribution in [-0.2, 0) is 17.5 Å². The molecule has 1 aromatic carbocycles. The highest BCUT2D eigenvalue weighted by Gasteiger charge is 2.36. The van der Waals surface area contributed by atoms with Gasteiger partial charge in [0.05, 0.1) is 6.61 Å². The highest BCUT2D eigenvalue weighted by molar-refractivity contribution is 6.74. The van der Waals surface area contributed by atoms with Crippen LogP contribution < -0.4 is 0 Å². The first-order chi connectivity index (χ1) is 8.67. The maximum Gasteiger partial charge on any atom is 0.192 e. The van der Waals surface area contributed by atoms with Gasteiger partial charge in [0, 0.05) is 0 Å². The maximum absolute atomic E-state index is 9.74. The Labute approximate surface area is 118 Å². The minimum absolute atomic E-state index is 0.216. The second-order valence-electron chi connectivity index (χ2n) is 6.50. The first-order valence-corrected chi connectivity index (χ1v) is 9.64. The zero-order valence-electron chi connectivity index (χ0n) is 12.8. The summed E-state index contributed by atoms with van der Waals surface area (Å²) in [6.07, 6.45) is 2.48. The van der Waals surface area contributed by atoms with Crippen LogP contribution in [0.5, 0.6) is 5.75 Å². The minimum atomic E-state index is -1.72. The molecule has 0 heterocycles. The van der Waals surface area contributed by atoms with Gasteiger partial charge in [-0.1, -0.05) is 32.9 Å². The molecule has 1 aromatic rings. The summed E-state index contributed by atoms with van der Waals surface area (Å²) in [7, 11) is -1.72. The summed E-state index contributed by atoms with van der Waals surface area (Å²) in [5, 5.41) is 9.96. The van der Waals surface area contributed by atoms with Gasteiger partial charge < -0.3 is 9.53 Å². The van der Waals surface area contributed by atoms with E-state index < -0.39 is 8.32 Å². The van der Waals surface area contributed by atoms with Gasteiger partial charge in [-0.3, -0.25) is 0 Å². The van der Waals surface area contributed by atoms with E-state index in [1.807, 2.05) is 12.1 Å². The molecule has 0 spiro atoms. The van der Waals surface area contributed by atoms with Gasteiger partial charge >= 0.3 is 0 Å². The minimum Gasteiger partial charge on any atom is -0.508 e. The monoisotopic (exact) mass is 278 g/mol. The van der Waals surface area contributed by atoms with Gasteiger partial charge in [-0.25, -0.2) is 0 Å². The van der Waals surface area contributed by atoms with Gasteiger partial charge in [-0.15, -0.1) is 6.58 Å². The smallest absolute Gasteiger partial charge is 0.192 e. The predicted molar refractivity (Wildman–Crippen MR) is 84.0 cm³/mol. The predicted octanol–water partition coefficient (Wildman–Crippen LogP) is 4.64. The normalized spacial score (nSPS) is 12.5. The third-order valence-electron chi connectivity index (χ3n) is 3.91. The van der Waals surface area contributed by atoms with Crippen molar-refractivity contribution in [2.45, 2.75) is 51.9 Å². The van der Waals surface area contributed by atoms with E-state index in [0.29, 0.717) is 18.8 Å². The van der Waals surface area contributed by atoms with Crippen molar-refractivity contribution in [1.82, 2.24) is 0 Å². The number of phenolic OH excluding ortho intramolecular Hbond substituents is 1. The summed E-state index contributed by atoms with van der Waals surface area (Å²) in [4.78, 5) is 0. The molecule has 106 valence electrons. The molecule has 0 aliphatic carbocycles. The molecule has 0 amide bonds. The van der Waals surface area contributed by atoms with E-state index >= 15 is 0 Å². The Morgan fingerprint density at radius 1 is 1.32 bits per heavy atom. The molecule has 3 heteroatoms. The summed E-state index contributed by atoms with van der Waals surface area (Å²) in [5.41, 5.74) is 2.02. The topological polar surface area (TPSA) is 29.5 Å². The van der Waals surface area contributed by atoms with Crippen molar-refractivity contribution < 1.29 is 9.53 Å². The Hall–Kier alpha value is -1.06. The number of hydrogen-bond donors (Lipinski definition) is 1. The van der Waals surface area contributed by atoms with Crippen molar-refractivity contribution in [3.8, 4) is 5.75 Å². The molecule has 2 nitrogen and oxygen atoms in total. The summed E-state index contributed by atoms with van der Waals surface area (Å²) in [6.45, 7) is 15.5. The molecule has 0 bridgehead atoms. The fraction of sp³-hybridized carbons (Fsp3) is 0.500. The molecule has 0 aliphatic heterocycles. The van der Waals surface area contributed by atoms with Crippen molar-refractivity contribution in [2.24, 2.45) is 0 Å². The average molecular weight is 278 g/mol. The molecule has 19 heavy (non-hydrogen) atoms. The zero-order chi connectivity index (χ0) is 14.7. The Kier molecular flexibility index (Phi) is 4.99. The summed E-state index contributed by atoms with van der Waals surface area (Å²) >= 11 is 0. The van der Waals surface area contributed by atoms with E-state index in [-0.39, 0.29) is 5.04 Å². The lowest BCUT2D eigenvalue weighted by molar-refractivity contribution is 0.276. The van der Waals surface area contributed by atoms with E-state index in [1.165, 1.54) is 0 Å². The molecule has 0 aromatic heterocycles. The first-order valence-electron chi connectivity index (χ1n) is 6.73. The molecule has 0 fully saturated rings. The number of aromatic hydroxyl groups is 1. The van der Waals surface area contributed by atoms with Crippen molar-refractivity contribution >= 4 is 8.32 Å². The average Bonchev–Trinajstić information content (AvgIpc) is 2.29. The van der Waals surface area contributed by atoms with Crippen LogP contribution in [0.2, 0.25) is 18.1 Å². The third kappa shape index (κ3) is 4.22. The van der Waals surface area contributed by atoms with Gasteiger partial charge in [0.15, 0.2) is 8.32 Å². The largest absolute Gasteiger partial charge is 0.508 e. The molecular weight excluding hydrogens is 252 g/mol. The Morgan fingerprint density at radius 3 is 2.47 bits per heavy atom. The van der Waals surface area contributed by atoms with Gasteiger partial charge in [0.25, 0.3) is 0 Å². The lowest BCUT2D eigenvalue weighted by Gasteiger charge is -2.36. The van der Waals surface area contributed by atoms with Crippen molar-refractivity contribution in [3.63, 3.8) is 0 Å². The van der Waals surface area contributed by atoms with Gasteiger partial charge in [0.2, 0.25) is 0 Å². The van der Waals surface area contributed by atoms with Crippen LogP contribution in [-0.4, -0.2) is 13.4 Å². The Morgan fingerprint density at radius 2 is 1.95 bits per heavy atom. The van der Waals surface area contributed by atoms with Crippen LogP contribution in [0.15, 0.2) is 30.9 Å². The molecule has 0 unspecified atom stereocenters. The van der Waals surface area contributed by atoms with E-state index in [9.17, 15) is 5.11 Å². The molecule has 1 N–H and O–H groups in total. The van der Waals surface area contributed by atoms with Crippen LogP contribution in [0.25, 0.3) is 0 Å². The molecule has 0 atom stereocenters. The number of rotatable bonds is 5. The molecule has 1 rings (SSSR count). The summed E-state index contributed by atoms with van der Waals surface area (Å²) in [6, 6.07) is 5.67. The van der Waals surface area contributed by atoms with Crippen LogP contribution in [0.4, 0.5) is 0 Å². The van der Waals surface area contributed by atoms with Crippen LogP contribution in [0.3, 0.4) is 0 Å². The first kappa shape index (κ1) is 16.0. The quantitative estimate of drug-likeness (QED) is 0.628. The van der Waals surface area contributed by atoms with E-state index in [1.54, 1.807) is 12.1 Å². The van der Waals surface area contributed by atoms with E-state index in [2.05, 4.69) is 40.4 Å². The highest BCUT2D eigenvalue weighted by atomic mass is 28.4. The van der Waals surface area contributed by atoms with E-state index in [4.69, 9.17) is 4.43 Å². The fourth-order valence-corrected chi connectivity index (χ4v) is 2.49. The van der Waals surface area contributed by atoms with Crippen molar-refractivity contribution in [2.75, 3.05) is 0 Å². The molecule has 0 radical (unpaired) electrons. The Bertz CT molecular complexity index is 445. The number of benzene rings is 1. The maximum atomic E-state index is 9.74. The molecule has 0 aliphatic rings. The second-order valence-corrected chi connectivity index (χ2v) is 11.3. The number of phenols is 1. The lowest BCUT2D eigenvalue weighted by atomic mass is 10.1. The van der Waals surface area contributed by atoms with E-state index in [0.717, 1.165) is 11.1 Å². The molecule has 0 saturated carbocycles. The van der Waals surface area contributed by atoms with Crippen LogP contribution >= 0.6 is 0 Å². The van der Waals surface area contributed by atoms with Crippen molar-refractivity contribution in [3.05, 3.63) is 42.0 Å². The lowest BCUT2D eigenvalue weighted by Crippen LogP contribution is -2.40. The molecular formula is C16H26O2Si. The third-order valence-corrected chi connectivity index (χ3v) is 8.39. The second kappa shape index (κ2) is 5.93. The highest BCUT2D eigenvalue weighted by Crippen LogP contribution is 2.37. The number of allylic oxidation sites excluding steroid dienone is 1. The van der Waals surface area contributed by atoms with Gasteiger partial charge in [-0.2, -0.15) is 0 Å². The summed E-state index contributed by atoms with van der Waals surface area (Å²) < 4.78 is 6.18. The van der Waals surface area contributed by atoms with Crippen molar-refractivity contribution in [1.29, 1.82) is 0 Å². The number of hydrogen-bond acceptors (Lipinski definition) is 2. The van der Waals surface area contributed by atoms with Crippen LogP contribution in [0.1, 0.15) is 31.9 Å². The van der Waals surface area contributed by atoms with Gasteiger partial charge in [-0.05, 0) is 47.8 Å². The Balaban J connectivity index is 2.79. The fourth-order valence-electron chi connectivity index (χ4n) is 1.53. The standard InChI is InChI=1S/C16H26O2Si/c1-7-8-14-11-13(9-10-15(14)17)12-18-19(5,6)16(2,3)4/h7,9-11,17H,1,8,12H2,2-6H3.